The van der Waals surface area contributed by atoms with Crippen molar-refractivity contribution < 1.29 is 14.7 Å². The van der Waals surface area contributed by atoms with Crippen LogP contribution in [0.15, 0.2) is 41.6 Å². The molecule has 110 valence electrons. The van der Waals surface area contributed by atoms with Crippen molar-refractivity contribution >= 4 is 28.8 Å². The number of hydrogen-bond donors (Lipinski definition) is 3. The molecule has 0 aliphatic carbocycles. The van der Waals surface area contributed by atoms with Gasteiger partial charge in [-0.3, -0.25) is 4.79 Å². The van der Waals surface area contributed by atoms with E-state index in [0.717, 1.165) is 4.88 Å². The summed E-state index contributed by atoms with van der Waals surface area (Å²) in [5.41, 5.74) is 5.88. The van der Waals surface area contributed by atoms with E-state index in [1.807, 2.05) is 13.0 Å². The van der Waals surface area contributed by atoms with Crippen LogP contribution in [-0.4, -0.2) is 23.6 Å². The molecule has 0 bridgehead atoms. The van der Waals surface area contributed by atoms with E-state index >= 15 is 0 Å². The molecule has 2 aromatic rings. The summed E-state index contributed by atoms with van der Waals surface area (Å²) in [6.45, 7) is 1.87. The van der Waals surface area contributed by atoms with E-state index in [0.29, 0.717) is 16.3 Å². The van der Waals surface area contributed by atoms with E-state index in [2.05, 4.69) is 10.5 Å². The number of ether oxygens (including phenoxy) is 1. The second-order valence-electron chi connectivity index (χ2n) is 4.24. The first-order valence-corrected chi connectivity index (χ1v) is 6.98. The molecule has 0 radical (unpaired) electrons. The van der Waals surface area contributed by atoms with E-state index < -0.39 is 0 Å². The number of nitrogens with zero attached hydrogens (tertiary/aromatic N) is 1. The smallest absolute Gasteiger partial charge is 0.265 e. The maximum atomic E-state index is 12.1. The monoisotopic (exact) mass is 305 g/mol. The number of carbonyl (C=O) groups excluding carboxylic acids is 1. The first-order chi connectivity index (χ1) is 10.1. The Labute approximate surface area is 125 Å². The van der Waals surface area contributed by atoms with Crippen molar-refractivity contribution in [1.82, 2.24) is 0 Å². The molecule has 1 aromatic heterocycles. The fourth-order valence-electron chi connectivity index (χ4n) is 1.62. The molecular formula is C14H15N3O3S. The Morgan fingerprint density at radius 3 is 2.81 bits per heavy atom. The van der Waals surface area contributed by atoms with E-state index in [1.165, 1.54) is 11.3 Å². The molecular weight excluding hydrogens is 290 g/mol. The predicted molar refractivity (Wildman–Crippen MR) is 82.4 cm³/mol. The molecule has 21 heavy (non-hydrogen) atoms. The van der Waals surface area contributed by atoms with Crippen LogP contribution in [0.4, 0.5) is 5.69 Å². The zero-order chi connectivity index (χ0) is 15.2. The van der Waals surface area contributed by atoms with Crippen LogP contribution in [0.25, 0.3) is 0 Å². The highest BCUT2D eigenvalue weighted by Crippen LogP contribution is 2.25. The third-order valence-electron chi connectivity index (χ3n) is 2.60. The van der Waals surface area contributed by atoms with Gasteiger partial charge in [0.25, 0.3) is 5.91 Å². The van der Waals surface area contributed by atoms with Crippen LogP contribution in [0.1, 0.15) is 14.5 Å². The second-order valence-corrected chi connectivity index (χ2v) is 5.53. The minimum Gasteiger partial charge on any atom is -0.483 e. The fraction of sp³-hybridized carbons (Fsp3) is 0.143. The van der Waals surface area contributed by atoms with Crippen molar-refractivity contribution in [3.05, 3.63) is 46.2 Å². The molecule has 0 fully saturated rings. The molecule has 4 N–H and O–H groups in total. The lowest BCUT2D eigenvalue weighted by Gasteiger charge is -2.11. The molecule has 7 heteroatoms. The number of nitrogens with two attached hydrogens (primary N) is 1. The lowest BCUT2D eigenvalue weighted by atomic mass is 10.3. The molecule has 0 aliphatic rings. The maximum absolute atomic E-state index is 12.1. The van der Waals surface area contributed by atoms with Gasteiger partial charge in [0.1, 0.15) is 12.4 Å². The normalized spacial score (nSPS) is 11.2. The highest BCUT2D eigenvalue weighted by molar-refractivity contribution is 7.14. The molecule has 6 nitrogen and oxygen atoms in total. The standard InChI is InChI=1S/C14H15N3O3S/c1-9-6-7-12(21-9)14(18)16-10-4-2-3-5-11(10)20-8-13(15)17-19/h2-7,19H,8H2,1H3,(H2,15,17)(H,16,18). The number of amides is 1. The lowest BCUT2D eigenvalue weighted by Crippen LogP contribution is -2.21. The number of para-hydroxylation sites is 2. The summed E-state index contributed by atoms with van der Waals surface area (Å²) in [5.74, 6) is 0.198. The molecule has 0 saturated heterocycles. The molecule has 1 heterocycles. The number of rotatable bonds is 5. The Balaban J connectivity index is 2.11. The van der Waals surface area contributed by atoms with Crippen LogP contribution in [0.3, 0.4) is 0 Å². The summed E-state index contributed by atoms with van der Waals surface area (Å²) >= 11 is 1.42. The van der Waals surface area contributed by atoms with Gasteiger partial charge in [-0.15, -0.1) is 11.3 Å². The van der Waals surface area contributed by atoms with Gasteiger partial charge in [0.2, 0.25) is 0 Å². The quantitative estimate of drug-likeness (QED) is 0.342. The highest BCUT2D eigenvalue weighted by atomic mass is 32.1. The first-order valence-electron chi connectivity index (χ1n) is 6.16. The van der Waals surface area contributed by atoms with Crippen LogP contribution in [-0.2, 0) is 0 Å². The number of amidine groups is 1. The fourth-order valence-corrected chi connectivity index (χ4v) is 2.38. The zero-order valence-corrected chi connectivity index (χ0v) is 12.2. The topological polar surface area (TPSA) is 96.9 Å². The number of aryl methyl sites for hydroxylation is 1. The van der Waals surface area contributed by atoms with Gasteiger partial charge >= 0.3 is 0 Å². The van der Waals surface area contributed by atoms with Gasteiger partial charge in [-0.2, -0.15) is 0 Å². The largest absolute Gasteiger partial charge is 0.483 e. The maximum Gasteiger partial charge on any atom is 0.265 e. The molecule has 1 aromatic carbocycles. The van der Waals surface area contributed by atoms with Gasteiger partial charge in [0.05, 0.1) is 10.6 Å². The zero-order valence-electron chi connectivity index (χ0n) is 11.4. The third kappa shape index (κ3) is 3.96. The average Bonchev–Trinajstić information content (AvgIpc) is 2.92. The number of carbonyl (C=O) groups is 1. The highest BCUT2D eigenvalue weighted by Gasteiger charge is 2.11. The van der Waals surface area contributed by atoms with Gasteiger partial charge in [-0.05, 0) is 31.2 Å². The summed E-state index contributed by atoms with van der Waals surface area (Å²) in [7, 11) is 0. The van der Waals surface area contributed by atoms with Crippen LogP contribution >= 0.6 is 11.3 Å². The Morgan fingerprint density at radius 1 is 1.38 bits per heavy atom. The van der Waals surface area contributed by atoms with Gasteiger partial charge in [-0.25, -0.2) is 0 Å². The van der Waals surface area contributed by atoms with E-state index in [1.54, 1.807) is 30.3 Å². The molecule has 0 saturated carbocycles. The van der Waals surface area contributed by atoms with Crippen molar-refractivity contribution in [3.63, 3.8) is 0 Å². The van der Waals surface area contributed by atoms with Crippen LogP contribution in [0.2, 0.25) is 0 Å². The summed E-state index contributed by atoms with van der Waals surface area (Å²) in [5, 5.41) is 14.1. The SMILES string of the molecule is Cc1ccc(C(=O)Nc2ccccc2OC/C(N)=N/O)s1. The van der Waals surface area contributed by atoms with Gasteiger partial charge in [0, 0.05) is 4.88 Å². The minimum atomic E-state index is -0.201. The molecule has 0 atom stereocenters. The van der Waals surface area contributed by atoms with E-state index in [4.69, 9.17) is 15.7 Å². The predicted octanol–water partition coefficient (Wildman–Crippen LogP) is 2.43. The third-order valence-corrected chi connectivity index (χ3v) is 3.60. The number of anilines is 1. The second kappa shape index (κ2) is 6.76. The van der Waals surface area contributed by atoms with E-state index in [-0.39, 0.29) is 18.3 Å². The van der Waals surface area contributed by atoms with Crippen molar-refractivity contribution in [2.45, 2.75) is 6.92 Å². The number of thiophene rings is 1. The van der Waals surface area contributed by atoms with Crippen molar-refractivity contribution in [1.29, 1.82) is 0 Å². The van der Waals surface area contributed by atoms with Crippen molar-refractivity contribution in [3.8, 4) is 5.75 Å². The van der Waals surface area contributed by atoms with Gasteiger partial charge in [-0.1, -0.05) is 17.3 Å². The summed E-state index contributed by atoms with van der Waals surface area (Å²) < 4.78 is 5.40. The molecule has 0 unspecified atom stereocenters. The number of hydrogen-bond acceptors (Lipinski definition) is 5. The average molecular weight is 305 g/mol. The van der Waals surface area contributed by atoms with Gasteiger partial charge in [0.15, 0.2) is 5.84 Å². The summed E-state index contributed by atoms with van der Waals surface area (Å²) in [4.78, 5) is 13.8. The van der Waals surface area contributed by atoms with Crippen LogP contribution in [0, 0.1) is 6.92 Å². The number of benzene rings is 1. The minimum absolute atomic E-state index is 0.0509. The Morgan fingerprint density at radius 2 is 2.14 bits per heavy atom. The molecule has 0 spiro atoms. The Kier molecular flexibility index (Phi) is 4.78. The number of nitrogens with one attached hydrogen (secondary N) is 1. The first kappa shape index (κ1) is 14.9. The molecule has 0 aliphatic heterocycles. The number of oxime groups is 1. The molecule has 2 rings (SSSR count). The lowest BCUT2D eigenvalue weighted by molar-refractivity contribution is 0.103. The van der Waals surface area contributed by atoms with Gasteiger partial charge < -0.3 is 21.0 Å². The summed E-state index contributed by atoms with van der Waals surface area (Å²) in [6.07, 6.45) is 0. The van der Waals surface area contributed by atoms with Crippen LogP contribution < -0.4 is 15.8 Å². The molecule has 1 amide bonds. The van der Waals surface area contributed by atoms with E-state index in [9.17, 15) is 4.79 Å². The summed E-state index contributed by atoms with van der Waals surface area (Å²) in [6, 6.07) is 10.6. The van der Waals surface area contributed by atoms with Crippen LogP contribution in [0.5, 0.6) is 5.75 Å². The van der Waals surface area contributed by atoms with Crippen molar-refractivity contribution in [2.75, 3.05) is 11.9 Å². The Hall–Kier alpha value is -2.54. The van der Waals surface area contributed by atoms with Crippen molar-refractivity contribution in [2.24, 2.45) is 10.9 Å². The Bertz CT molecular complexity index is 667.